The number of aliphatic imine (C=N–C) groups is 1. The molecular formula is C11H8BrNO. The Kier molecular flexibility index (Phi) is 4.71. The zero-order valence-electron chi connectivity index (χ0n) is 7.46. The van der Waals surface area contributed by atoms with E-state index in [1.807, 2.05) is 18.2 Å². The average Bonchev–Trinajstić information content (AvgIpc) is 2.21. The highest BCUT2D eigenvalue weighted by Gasteiger charge is 1.94. The second kappa shape index (κ2) is 6.15. The SMILES string of the molecule is O=C=Nc1ccccc1C#CCCBr. The van der Waals surface area contributed by atoms with Gasteiger partial charge in [0, 0.05) is 11.8 Å². The molecule has 0 saturated heterocycles. The van der Waals surface area contributed by atoms with E-state index in [1.54, 1.807) is 6.07 Å². The smallest absolute Gasteiger partial charge is 0.211 e. The molecule has 0 heterocycles. The first kappa shape index (κ1) is 10.7. The number of alkyl halides is 1. The lowest BCUT2D eigenvalue weighted by atomic mass is 10.2. The third-order valence-corrected chi connectivity index (χ3v) is 1.91. The van der Waals surface area contributed by atoms with Crippen LogP contribution in [0.4, 0.5) is 5.69 Å². The minimum absolute atomic E-state index is 0.574. The maximum absolute atomic E-state index is 10.1. The summed E-state index contributed by atoms with van der Waals surface area (Å²) in [5.74, 6) is 5.91. The first-order chi connectivity index (χ1) is 6.88. The van der Waals surface area contributed by atoms with Gasteiger partial charge in [0.15, 0.2) is 0 Å². The van der Waals surface area contributed by atoms with Gasteiger partial charge in [-0.1, -0.05) is 39.9 Å². The first-order valence-electron chi connectivity index (χ1n) is 4.10. The molecule has 0 bridgehead atoms. The lowest BCUT2D eigenvalue weighted by molar-refractivity contribution is 0.565. The molecule has 0 aromatic heterocycles. The maximum Gasteiger partial charge on any atom is 0.240 e. The van der Waals surface area contributed by atoms with Crippen LogP contribution in [0, 0.1) is 11.8 Å². The summed E-state index contributed by atoms with van der Waals surface area (Å²) in [6.07, 6.45) is 2.29. The molecule has 3 heteroatoms. The Labute approximate surface area is 91.2 Å². The molecule has 0 fully saturated rings. The Morgan fingerprint density at radius 1 is 1.36 bits per heavy atom. The van der Waals surface area contributed by atoms with E-state index in [4.69, 9.17) is 0 Å². The molecule has 0 amide bonds. The number of halogens is 1. The van der Waals surface area contributed by atoms with Crippen LogP contribution >= 0.6 is 15.9 Å². The van der Waals surface area contributed by atoms with Gasteiger partial charge in [0.1, 0.15) is 0 Å². The molecule has 0 spiro atoms. The molecular weight excluding hydrogens is 242 g/mol. The van der Waals surface area contributed by atoms with Crippen molar-refractivity contribution in [3.8, 4) is 11.8 Å². The molecule has 70 valence electrons. The van der Waals surface area contributed by atoms with E-state index in [0.717, 1.165) is 17.3 Å². The van der Waals surface area contributed by atoms with Crippen LogP contribution in [-0.4, -0.2) is 11.4 Å². The van der Waals surface area contributed by atoms with E-state index in [0.29, 0.717) is 5.69 Å². The van der Waals surface area contributed by atoms with Crippen LogP contribution in [0.3, 0.4) is 0 Å². The fraction of sp³-hybridized carbons (Fsp3) is 0.182. The highest BCUT2D eigenvalue weighted by atomic mass is 79.9. The van der Waals surface area contributed by atoms with Crippen molar-refractivity contribution in [2.24, 2.45) is 4.99 Å². The summed E-state index contributed by atoms with van der Waals surface area (Å²) in [4.78, 5) is 13.7. The molecule has 1 aromatic rings. The number of para-hydroxylation sites is 1. The monoisotopic (exact) mass is 249 g/mol. The van der Waals surface area contributed by atoms with Crippen LogP contribution in [0.25, 0.3) is 0 Å². The number of isocyanates is 1. The van der Waals surface area contributed by atoms with Crippen LogP contribution in [-0.2, 0) is 4.79 Å². The Morgan fingerprint density at radius 3 is 2.86 bits per heavy atom. The summed E-state index contributed by atoms with van der Waals surface area (Å²) in [5.41, 5.74) is 1.33. The molecule has 0 saturated carbocycles. The molecule has 0 unspecified atom stereocenters. The predicted molar refractivity (Wildman–Crippen MR) is 59.5 cm³/mol. The lowest BCUT2D eigenvalue weighted by Crippen LogP contribution is -1.75. The van der Waals surface area contributed by atoms with Gasteiger partial charge in [-0.15, -0.1) is 0 Å². The maximum atomic E-state index is 10.1. The van der Waals surface area contributed by atoms with Gasteiger partial charge in [-0.2, -0.15) is 4.99 Å². The molecule has 1 rings (SSSR count). The van der Waals surface area contributed by atoms with Gasteiger partial charge in [0.2, 0.25) is 6.08 Å². The number of rotatable bonds is 2. The summed E-state index contributed by atoms with van der Waals surface area (Å²) >= 11 is 3.28. The van der Waals surface area contributed by atoms with Crippen molar-refractivity contribution in [2.45, 2.75) is 6.42 Å². The fourth-order valence-corrected chi connectivity index (χ4v) is 1.13. The van der Waals surface area contributed by atoms with E-state index >= 15 is 0 Å². The number of hydrogen-bond donors (Lipinski definition) is 0. The molecule has 0 atom stereocenters. The van der Waals surface area contributed by atoms with Crippen molar-refractivity contribution in [1.29, 1.82) is 0 Å². The van der Waals surface area contributed by atoms with Gasteiger partial charge < -0.3 is 0 Å². The molecule has 0 radical (unpaired) electrons. The zero-order valence-corrected chi connectivity index (χ0v) is 9.04. The normalized spacial score (nSPS) is 8.36. The predicted octanol–water partition coefficient (Wildman–Crippen LogP) is 2.79. The summed E-state index contributed by atoms with van der Waals surface area (Å²) in [6.45, 7) is 0. The van der Waals surface area contributed by atoms with E-state index in [-0.39, 0.29) is 0 Å². The number of benzene rings is 1. The van der Waals surface area contributed by atoms with Crippen molar-refractivity contribution >= 4 is 27.7 Å². The van der Waals surface area contributed by atoms with E-state index in [2.05, 4.69) is 32.8 Å². The molecule has 0 aliphatic heterocycles. The summed E-state index contributed by atoms with van der Waals surface area (Å²) in [7, 11) is 0. The molecule has 2 nitrogen and oxygen atoms in total. The van der Waals surface area contributed by atoms with Gasteiger partial charge in [0.05, 0.1) is 11.3 Å². The number of nitrogens with zero attached hydrogens (tertiary/aromatic N) is 1. The van der Waals surface area contributed by atoms with Crippen molar-refractivity contribution in [3.05, 3.63) is 29.8 Å². The topological polar surface area (TPSA) is 29.4 Å². The highest BCUT2D eigenvalue weighted by Crippen LogP contribution is 2.16. The number of hydrogen-bond acceptors (Lipinski definition) is 2. The van der Waals surface area contributed by atoms with Gasteiger partial charge in [-0.25, -0.2) is 4.79 Å². The average molecular weight is 250 g/mol. The minimum Gasteiger partial charge on any atom is -0.211 e. The third-order valence-electron chi connectivity index (χ3n) is 1.51. The Balaban J connectivity index is 2.97. The van der Waals surface area contributed by atoms with Crippen LogP contribution in [0.5, 0.6) is 0 Å². The van der Waals surface area contributed by atoms with E-state index in [1.165, 1.54) is 6.08 Å². The highest BCUT2D eigenvalue weighted by molar-refractivity contribution is 9.09. The second-order valence-electron chi connectivity index (χ2n) is 2.46. The van der Waals surface area contributed by atoms with Crippen molar-refractivity contribution in [2.75, 3.05) is 5.33 Å². The largest absolute Gasteiger partial charge is 0.240 e. The van der Waals surface area contributed by atoms with Gasteiger partial charge >= 0.3 is 0 Å². The Bertz CT molecular complexity index is 411. The summed E-state index contributed by atoms with van der Waals surface area (Å²) in [5, 5.41) is 0.846. The number of carbonyl (C=O) groups excluding carboxylic acids is 1. The van der Waals surface area contributed by atoms with Crippen LogP contribution in [0.2, 0.25) is 0 Å². The summed E-state index contributed by atoms with van der Waals surface area (Å²) in [6, 6.07) is 7.24. The second-order valence-corrected chi connectivity index (χ2v) is 3.25. The standard InChI is InChI=1S/C11H8BrNO/c12-8-4-3-6-10-5-1-2-7-11(10)13-9-14/h1-2,5,7H,4,8H2. The van der Waals surface area contributed by atoms with E-state index in [9.17, 15) is 4.79 Å². The van der Waals surface area contributed by atoms with Crippen molar-refractivity contribution in [3.63, 3.8) is 0 Å². The van der Waals surface area contributed by atoms with Gasteiger partial charge in [0.25, 0.3) is 0 Å². The van der Waals surface area contributed by atoms with Crippen molar-refractivity contribution in [1.82, 2.24) is 0 Å². The van der Waals surface area contributed by atoms with Crippen LogP contribution < -0.4 is 0 Å². The zero-order chi connectivity index (χ0) is 10.2. The van der Waals surface area contributed by atoms with Gasteiger partial charge in [-0.05, 0) is 12.1 Å². The quantitative estimate of drug-likeness (QED) is 0.343. The lowest BCUT2D eigenvalue weighted by Gasteiger charge is -1.93. The molecule has 14 heavy (non-hydrogen) atoms. The third kappa shape index (κ3) is 3.18. The molecule has 1 aromatic carbocycles. The fourth-order valence-electron chi connectivity index (χ4n) is 0.931. The van der Waals surface area contributed by atoms with Crippen LogP contribution in [0.1, 0.15) is 12.0 Å². The molecule has 0 aliphatic rings. The van der Waals surface area contributed by atoms with Crippen LogP contribution in [0.15, 0.2) is 29.3 Å². The Hall–Kier alpha value is -1.36. The Morgan fingerprint density at radius 2 is 2.14 bits per heavy atom. The molecule has 0 N–H and O–H groups in total. The minimum atomic E-state index is 0.574. The summed E-state index contributed by atoms with van der Waals surface area (Å²) < 4.78 is 0. The first-order valence-corrected chi connectivity index (χ1v) is 5.22. The van der Waals surface area contributed by atoms with Crippen molar-refractivity contribution < 1.29 is 4.79 Å². The van der Waals surface area contributed by atoms with E-state index < -0.39 is 0 Å². The molecule has 0 aliphatic carbocycles. The van der Waals surface area contributed by atoms with Gasteiger partial charge in [-0.3, -0.25) is 0 Å².